The Morgan fingerprint density at radius 1 is 1.06 bits per heavy atom. The van der Waals surface area contributed by atoms with Crippen LogP contribution in [-0.4, -0.2) is 31.7 Å². The van der Waals surface area contributed by atoms with Gasteiger partial charge < -0.3 is 9.72 Å². The lowest BCUT2D eigenvalue weighted by Gasteiger charge is -2.15. The van der Waals surface area contributed by atoms with Gasteiger partial charge in [0.25, 0.3) is 5.56 Å². The van der Waals surface area contributed by atoms with Crippen LogP contribution in [0, 0.1) is 0 Å². The van der Waals surface area contributed by atoms with Crippen molar-refractivity contribution >= 4 is 40.1 Å². The second kappa shape index (κ2) is 9.64. The summed E-state index contributed by atoms with van der Waals surface area (Å²) in [6.07, 6.45) is 3.85. The number of aromatic nitrogens is 4. The number of halogens is 2. The molecule has 0 aliphatic carbocycles. The van der Waals surface area contributed by atoms with Gasteiger partial charge in [0.2, 0.25) is 0 Å². The highest BCUT2D eigenvalue weighted by atomic mass is 35.5. The van der Waals surface area contributed by atoms with Crippen molar-refractivity contribution in [1.29, 1.82) is 0 Å². The quantitative estimate of drug-likeness (QED) is 0.403. The molecule has 2 heterocycles. The molecule has 2 aromatic carbocycles. The molecule has 4 aromatic rings. The summed E-state index contributed by atoms with van der Waals surface area (Å²) in [6.45, 7) is 1.45. The van der Waals surface area contributed by atoms with E-state index in [1.54, 1.807) is 49.6 Å². The molecule has 0 saturated carbocycles. The second-order valence-electron chi connectivity index (χ2n) is 7.38. The van der Waals surface area contributed by atoms with Crippen LogP contribution in [0.25, 0.3) is 10.9 Å². The maximum absolute atomic E-state index is 13.3. The molecule has 33 heavy (non-hydrogen) atoms. The molecule has 0 saturated heterocycles. The van der Waals surface area contributed by atoms with Gasteiger partial charge in [0, 0.05) is 18.8 Å². The Hall–Kier alpha value is -3.36. The van der Waals surface area contributed by atoms with Gasteiger partial charge in [0.15, 0.2) is 0 Å². The molecular weight excluding hydrogens is 467 g/mol. The Morgan fingerprint density at radius 2 is 1.85 bits per heavy atom. The van der Waals surface area contributed by atoms with Crippen LogP contribution >= 0.6 is 23.2 Å². The number of fused-ring (bicyclic) bond motifs is 1. The van der Waals surface area contributed by atoms with E-state index in [4.69, 9.17) is 27.9 Å². The molecule has 0 aliphatic heterocycles. The van der Waals surface area contributed by atoms with Gasteiger partial charge >= 0.3 is 11.7 Å². The van der Waals surface area contributed by atoms with Crippen LogP contribution in [0.1, 0.15) is 23.9 Å². The Labute approximate surface area is 198 Å². The van der Waals surface area contributed by atoms with Gasteiger partial charge in [0.05, 0.1) is 34.1 Å². The first-order valence-electron chi connectivity index (χ1n) is 10.2. The summed E-state index contributed by atoms with van der Waals surface area (Å²) in [6, 6.07) is 10.3. The minimum absolute atomic E-state index is 0.132. The van der Waals surface area contributed by atoms with Crippen LogP contribution in [0.5, 0.6) is 0 Å². The molecule has 170 valence electrons. The third-order valence-electron chi connectivity index (χ3n) is 5.13. The van der Waals surface area contributed by atoms with Crippen molar-refractivity contribution in [3.05, 3.63) is 96.6 Å². The molecule has 0 bridgehead atoms. The largest absolute Gasteiger partial charge is 0.465 e. The number of benzene rings is 2. The predicted octanol–water partition coefficient (Wildman–Crippen LogP) is 3.40. The topological polar surface area (TPSA) is 99.0 Å². The fourth-order valence-corrected chi connectivity index (χ4v) is 3.94. The van der Waals surface area contributed by atoms with E-state index in [1.807, 2.05) is 6.07 Å². The van der Waals surface area contributed by atoms with E-state index in [2.05, 4.69) is 9.97 Å². The van der Waals surface area contributed by atoms with Crippen LogP contribution in [0.2, 0.25) is 10.0 Å². The third kappa shape index (κ3) is 4.86. The fourth-order valence-electron chi connectivity index (χ4n) is 3.62. The van der Waals surface area contributed by atoms with Gasteiger partial charge in [-0.05, 0) is 42.3 Å². The maximum atomic E-state index is 13.3. The third-order valence-corrected chi connectivity index (χ3v) is 5.87. The summed E-state index contributed by atoms with van der Waals surface area (Å²) in [7, 11) is 0. The standard InChI is InChI=1S/C23H20Cl2N4O4/c1-2-33-21(30)13-29-22(31)16-9-14(11-20-26-7-8-27-20)4-6-19(16)28(23(29)32)12-15-3-5-17(24)18(25)10-15/h3-10H,2,11-13H2,1H3,(H,26,27). The molecule has 0 atom stereocenters. The van der Waals surface area contributed by atoms with E-state index in [0.717, 1.165) is 16.0 Å². The summed E-state index contributed by atoms with van der Waals surface area (Å²) in [5, 5.41) is 1.06. The number of nitrogens with one attached hydrogen (secondary N) is 1. The van der Waals surface area contributed by atoms with E-state index in [1.165, 1.54) is 4.57 Å². The van der Waals surface area contributed by atoms with Crippen molar-refractivity contribution in [1.82, 2.24) is 19.1 Å². The zero-order chi connectivity index (χ0) is 23.5. The fraction of sp³-hybridized carbons (Fsp3) is 0.217. The lowest BCUT2D eigenvalue weighted by atomic mass is 10.1. The smallest absolute Gasteiger partial charge is 0.332 e. The number of carbonyl (C=O) groups is 1. The van der Waals surface area contributed by atoms with E-state index < -0.39 is 23.8 Å². The van der Waals surface area contributed by atoms with Crippen molar-refractivity contribution in [2.24, 2.45) is 0 Å². The molecule has 4 rings (SSSR count). The monoisotopic (exact) mass is 486 g/mol. The van der Waals surface area contributed by atoms with Crippen LogP contribution in [0.4, 0.5) is 0 Å². The van der Waals surface area contributed by atoms with Crippen LogP contribution in [0.15, 0.2) is 58.4 Å². The predicted molar refractivity (Wildman–Crippen MR) is 126 cm³/mol. The van der Waals surface area contributed by atoms with Gasteiger partial charge in [-0.25, -0.2) is 14.3 Å². The first-order valence-corrected chi connectivity index (χ1v) is 11.0. The maximum Gasteiger partial charge on any atom is 0.332 e. The first-order chi connectivity index (χ1) is 15.9. The molecule has 0 spiro atoms. The van der Waals surface area contributed by atoms with Crippen LogP contribution in [0.3, 0.4) is 0 Å². The molecular formula is C23H20Cl2N4O4. The summed E-state index contributed by atoms with van der Waals surface area (Å²) in [5.41, 5.74) is 0.810. The van der Waals surface area contributed by atoms with Gasteiger partial charge in [0.1, 0.15) is 12.4 Å². The van der Waals surface area contributed by atoms with Crippen molar-refractivity contribution in [2.75, 3.05) is 6.61 Å². The van der Waals surface area contributed by atoms with Gasteiger partial charge in [-0.3, -0.25) is 14.2 Å². The molecule has 0 amide bonds. The average molecular weight is 487 g/mol. The van der Waals surface area contributed by atoms with E-state index in [9.17, 15) is 14.4 Å². The molecule has 2 aromatic heterocycles. The zero-order valence-corrected chi connectivity index (χ0v) is 19.2. The Bertz CT molecular complexity index is 1440. The van der Waals surface area contributed by atoms with Crippen LogP contribution < -0.4 is 11.2 Å². The van der Waals surface area contributed by atoms with E-state index in [0.29, 0.717) is 32.9 Å². The number of H-pyrrole nitrogens is 1. The average Bonchev–Trinajstić information content (AvgIpc) is 3.30. The highest BCUT2D eigenvalue weighted by molar-refractivity contribution is 6.42. The number of aromatic amines is 1. The summed E-state index contributed by atoms with van der Waals surface area (Å²) in [5.74, 6) is 0.0780. The number of hydrogen-bond acceptors (Lipinski definition) is 5. The number of nitrogens with zero attached hydrogens (tertiary/aromatic N) is 3. The minimum Gasteiger partial charge on any atom is -0.465 e. The molecule has 10 heteroatoms. The lowest BCUT2D eigenvalue weighted by molar-refractivity contribution is -0.143. The molecule has 0 fully saturated rings. The number of carbonyl (C=O) groups excluding carboxylic acids is 1. The van der Waals surface area contributed by atoms with Gasteiger partial charge in [-0.2, -0.15) is 0 Å². The Morgan fingerprint density at radius 3 is 2.55 bits per heavy atom. The van der Waals surface area contributed by atoms with Gasteiger partial charge in [-0.15, -0.1) is 0 Å². The highest BCUT2D eigenvalue weighted by Gasteiger charge is 2.17. The first kappa shape index (κ1) is 22.8. The van der Waals surface area contributed by atoms with Crippen molar-refractivity contribution in [2.45, 2.75) is 26.4 Å². The normalized spacial score (nSPS) is 11.1. The van der Waals surface area contributed by atoms with Crippen molar-refractivity contribution in [3.8, 4) is 0 Å². The number of esters is 1. The van der Waals surface area contributed by atoms with Crippen molar-refractivity contribution < 1.29 is 9.53 Å². The molecule has 0 aliphatic rings. The lowest BCUT2D eigenvalue weighted by Crippen LogP contribution is -2.42. The van der Waals surface area contributed by atoms with Crippen molar-refractivity contribution in [3.63, 3.8) is 0 Å². The number of hydrogen-bond donors (Lipinski definition) is 1. The minimum atomic E-state index is -0.663. The SMILES string of the molecule is CCOC(=O)Cn1c(=O)c2cc(Cc3ncc[nH]3)ccc2n(Cc2ccc(Cl)c(Cl)c2)c1=O. The number of ether oxygens (including phenoxy) is 1. The number of imidazole rings is 1. The highest BCUT2D eigenvalue weighted by Crippen LogP contribution is 2.23. The zero-order valence-electron chi connectivity index (χ0n) is 17.7. The van der Waals surface area contributed by atoms with E-state index in [-0.39, 0.29) is 13.2 Å². The van der Waals surface area contributed by atoms with Gasteiger partial charge in [-0.1, -0.05) is 35.3 Å². The summed E-state index contributed by atoms with van der Waals surface area (Å²) >= 11 is 12.2. The summed E-state index contributed by atoms with van der Waals surface area (Å²) in [4.78, 5) is 45.9. The Kier molecular flexibility index (Phi) is 6.67. The summed E-state index contributed by atoms with van der Waals surface area (Å²) < 4.78 is 7.29. The molecule has 8 nitrogen and oxygen atoms in total. The van der Waals surface area contributed by atoms with Crippen LogP contribution in [-0.2, 0) is 29.0 Å². The molecule has 0 unspecified atom stereocenters. The second-order valence-corrected chi connectivity index (χ2v) is 8.19. The Balaban J connectivity index is 1.87. The molecule has 0 radical (unpaired) electrons. The molecule has 1 N–H and O–H groups in total. The number of rotatable bonds is 7. The van der Waals surface area contributed by atoms with E-state index >= 15 is 0 Å².